The highest BCUT2D eigenvalue weighted by Gasteiger charge is 2.30. The summed E-state index contributed by atoms with van der Waals surface area (Å²) in [7, 11) is 0. The van der Waals surface area contributed by atoms with Gasteiger partial charge in [0.1, 0.15) is 11.6 Å². The quantitative estimate of drug-likeness (QED) is 0.347. The molecule has 2 aromatic carbocycles. The van der Waals surface area contributed by atoms with Gasteiger partial charge in [0.05, 0.1) is 18.6 Å². The van der Waals surface area contributed by atoms with Crippen molar-refractivity contribution in [2.45, 2.75) is 78.1 Å². The van der Waals surface area contributed by atoms with E-state index in [2.05, 4.69) is 16.0 Å². The van der Waals surface area contributed by atoms with Crippen LogP contribution in [0.3, 0.4) is 0 Å². The number of esters is 1. The summed E-state index contributed by atoms with van der Waals surface area (Å²) in [5.74, 6) is -1.38. The van der Waals surface area contributed by atoms with Gasteiger partial charge in [0.25, 0.3) is 5.91 Å². The van der Waals surface area contributed by atoms with Crippen molar-refractivity contribution in [1.82, 2.24) is 16.0 Å². The molecular formula is C30H41N3O5. The standard InChI is InChI=1S/C30H41N3O5/c1-20(2)17-25(29(37)38-30(4,5)6)33-28(36)24(18-22-13-9-7-10-14-22)31-19-26(34)21(3)32-27(35)23-15-11-8-12-16-23/h7-16,20-21,24-25,31H,17-19H2,1-6H3,(H,32,35)(H,33,36)/t21-,24-,25-/m0/s1. The van der Waals surface area contributed by atoms with E-state index in [9.17, 15) is 19.2 Å². The van der Waals surface area contributed by atoms with E-state index >= 15 is 0 Å². The van der Waals surface area contributed by atoms with E-state index in [1.165, 1.54) is 0 Å². The Morgan fingerprint density at radius 2 is 1.39 bits per heavy atom. The van der Waals surface area contributed by atoms with Crippen molar-refractivity contribution < 1.29 is 23.9 Å². The molecule has 8 heteroatoms. The first-order chi connectivity index (χ1) is 17.9. The average molecular weight is 524 g/mol. The van der Waals surface area contributed by atoms with Crippen molar-refractivity contribution in [3.63, 3.8) is 0 Å². The summed E-state index contributed by atoms with van der Waals surface area (Å²) in [6, 6.07) is 15.7. The van der Waals surface area contributed by atoms with Crippen LogP contribution in [0.15, 0.2) is 60.7 Å². The predicted octanol–water partition coefficient (Wildman–Crippen LogP) is 3.45. The van der Waals surface area contributed by atoms with E-state index in [1.807, 2.05) is 50.2 Å². The molecule has 206 valence electrons. The lowest BCUT2D eigenvalue weighted by Gasteiger charge is -2.27. The molecule has 0 fully saturated rings. The maximum Gasteiger partial charge on any atom is 0.329 e. The Labute approximate surface area is 225 Å². The molecule has 2 amide bonds. The van der Waals surface area contributed by atoms with Crippen LogP contribution in [0.1, 0.15) is 63.9 Å². The molecule has 0 heterocycles. The molecule has 0 unspecified atom stereocenters. The zero-order valence-corrected chi connectivity index (χ0v) is 23.2. The van der Waals surface area contributed by atoms with E-state index in [0.717, 1.165) is 5.56 Å². The molecule has 3 N–H and O–H groups in total. The van der Waals surface area contributed by atoms with Gasteiger partial charge in [-0.1, -0.05) is 62.4 Å². The van der Waals surface area contributed by atoms with Gasteiger partial charge in [0.2, 0.25) is 5.91 Å². The Balaban J connectivity index is 2.11. The number of benzene rings is 2. The third-order valence-electron chi connectivity index (χ3n) is 5.70. The van der Waals surface area contributed by atoms with Gasteiger partial charge in [-0.25, -0.2) is 4.79 Å². The molecule has 38 heavy (non-hydrogen) atoms. The lowest BCUT2D eigenvalue weighted by molar-refractivity contribution is -0.159. The maximum absolute atomic E-state index is 13.4. The number of carbonyl (C=O) groups excluding carboxylic acids is 4. The third-order valence-corrected chi connectivity index (χ3v) is 5.70. The summed E-state index contributed by atoms with van der Waals surface area (Å²) in [5, 5.41) is 8.58. The van der Waals surface area contributed by atoms with Gasteiger partial charge >= 0.3 is 5.97 Å². The maximum atomic E-state index is 13.4. The second-order valence-electron chi connectivity index (χ2n) is 10.9. The Morgan fingerprint density at radius 3 is 1.95 bits per heavy atom. The fourth-order valence-electron chi connectivity index (χ4n) is 3.76. The van der Waals surface area contributed by atoms with Crippen molar-refractivity contribution in [2.24, 2.45) is 5.92 Å². The number of rotatable bonds is 13. The molecule has 0 aliphatic carbocycles. The van der Waals surface area contributed by atoms with Crippen LogP contribution in [0, 0.1) is 5.92 Å². The van der Waals surface area contributed by atoms with Crippen molar-refractivity contribution in [1.29, 1.82) is 0 Å². The summed E-state index contributed by atoms with van der Waals surface area (Å²) in [6.45, 7) is 10.7. The fraction of sp³-hybridized carbons (Fsp3) is 0.467. The minimum Gasteiger partial charge on any atom is -0.458 e. The topological polar surface area (TPSA) is 114 Å². The molecule has 2 aromatic rings. The Hall–Kier alpha value is -3.52. The van der Waals surface area contributed by atoms with Crippen molar-refractivity contribution in [2.75, 3.05) is 6.54 Å². The Bertz CT molecular complexity index is 1060. The number of amides is 2. The van der Waals surface area contributed by atoms with Gasteiger partial charge in [-0.2, -0.15) is 0 Å². The summed E-state index contributed by atoms with van der Waals surface area (Å²) >= 11 is 0. The van der Waals surface area contributed by atoms with Crippen LogP contribution >= 0.6 is 0 Å². The molecule has 0 aliphatic heterocycles. The van der Waals surface area contributed by atoms with E-state index in [0.29, 0.717) is 18.4 Å². The number of carbonyl (C=O) groups is 4. The molecule has 2 rings (SSSR count). The van der Waals surface area contributed by atoms with Crippen LogP contribution < -0.4 is 16.0 Å². The van der Waals surface area contributed by atoms with Crippen LogP contribution in [0.4, 0.5) is 0 Å². The van der Waals surface area contributed by atoms with E-state index in [4.69, 9.17) is 4.74 Å². The molecule has 0 bridgehead atoms. The van der Waals surface area contributed by atoms with Crippen LogP contribution in [0.25, 0.3) is 0 Å². The van der Waals surface area contributed by atoms with E-state index in [1.54, 1.807) is 52.0 Å². The number of ketones is 1. The van der Waals surface area contributed by atoms with Gasteiger partial charge in [-0.3, -0.25) is 19.7 Å². The second kappa shape index (κ2) is 14.4. The number of hydrogen-bond donors (Lipinski definition) is 3. The summed E-state index contributed by atoms with van der Waals surface area (Å²) in [6.07, 6.45) is 0.730. The lowest BCUT2D eigenvalue weighted by Crippen LogP contribution is -2.54. The number of ether oxygens (including phenoxy) is 1. The van der Waals surface area contributed by atoms with Crippen molar-refractivity contribution in [3.05, 3.63) is 71.8 Å². The minimum atomic E-state index is -0.818. The highest BCUT2D eigenvalue weighted by atomic mass is 16.6. The first kappa shape index (κ1) is 30.7. The summed E-state index contributed by atoms with van der Waals surface area (Å²) in [5.41, 5.74) is 0.668. The highest BCUT2D eigenvalue weighted by molar-refractivity contribution is 5.98. The summed E-state index contributed by atoms with van der Waals surface area (Å²) in [4.78, 5) is 51.5. The van der Waals surface area contributed by atoms with Crippen LogP contribution in [0.5, 0.6) is 0 Å². The first-order valence-electron chi connectivity index (χ1n) is 13.0. The van der Waals surface area contributed by atoms with Crippen LogP contribution in [-0.4, -0.2) is 53.8 Å². The zero-order chi connectivity index (χ0) is 28.3. The summed E-state index contributed by atoms with van der Waals surface area (Å²) < 4.78 is 5.53. The van der Waals surface area contributed by atoms with Gasteiger partial charge in [0.15, 0.2) is 5.78 Å². The minimum absolute atomic E-state index is 0.136. The highest BCUT2D eigenvalue weighted by Crippen LogP contribution is 2.14. The molecular weight excluding hydrogens is 482 g/mol. The molecule has 0 saturated heterocycles. The van der Waals surface area contributed by atoms with Gasteiger partial charge in [0, 0.05) is 5.56 Å². The average Bonchev–Trinajstić information content (AvgIpc) is 2.85. The monoisotopic (exact) mass is 523 g/mol. The largest absolute Gasteiger partial charge is 0.458 e. The molecule has 3 atom stereocenters. The van der Waals surface area contributed by atoms with Crippen LogP contribution in [-0.2, 0) is 25.5 Å². The number of hydrogen-bond acceptors (Lipinski definition) is 6. The zero-order valence-electron chi connectivity index (χ0n) is 23.2. The van der Waals surface area contributed by atoms with E-state index < -0.39 is 35.6 Å². The normalized spacial score (nSPS) is 13.8. The van der Waals surface area contributed by atoms with Crippen LogP contribution in [0.2, 0.25) is 0 Å². The SMILES string of the molecule is CC(C)C[C@H](NC(=O)[C@H](Cc1ccccc1)NCC(=O)[C@H](C)NC(=O)c1ccccc1)C(=O)OC(C)(C)C. The lowest BCUT2D eigenvalue weighted by atomic mass is 10.0. The number of nitrogens with one attached hydrogen (secondary N) is 3. The number of Topliss-reactive ketones (excluding diaryl/α,β-unsaturated/α-hetero) is 1. The smallest absolute Gasteiger partial charge is 0.329 e. The molecule has 0 aliphatic rings. The Kier molecular flexibility index (Phi) is 11.7. The second-order valence-corrected chi connectivity index (χ2v) is 10.9. The van der Waals surface area contributed by atoms with Crippen molar-refractivity contribution in [3.8, 4) is 0 Å². The van der Waals surface area contributed by atoms with Gasteiger partial charge < -0.3 is 15.4 Å². The molecule has 0 aromatic heterocycles. The molecule has 0 radical (unpaired) electrons. The first-order valence-corrected chi connectivity index (χ1v) is 13.0. The molecule has 0 spiro atoms. The van der Waals surface area contributed by atoms with Gasteiger partial charge in [-0.05, 0) is 64.2 Å². The van der Waals surface area contributed by atoms with Crippen molar-refractivity contribution >= 4 is 23.6 Å². The molecule has 8 nitrogen and oxygen atoms in total. The third kappa shape index (κ3) is 10.8. The Morgan fingerprint density at radius 1 is 0.816 bits per heavy atom. The predicted molar refractivity (Wildman–Crippen MR) is 148 cm³/mol. The fourth-order valence-corrected chi connectivity index (χ4v) is 3.76. The molecule has 0 saturated carbocycles. The van der Waals surface area contributed by atoms with E-state index in [-0.39, 0.29) is 24.2 Å². The van der Waals surface area contributed by atoms with Gasteiger partial charge in [-0.15, -0.1) is 0 Å².